The first-order valence-electron chi connectivity index (χ1n) is 11.0. The summed E-state index contributed by atoms with van der Waals surface area (Å²) >= 11 is 0. The van der Waals surface area contributed by atoms with Crippen molar-refractivity contribution >= 4 is 22.6 Å². The number of hydrogen-bond donors (Lipinski definition) is 2. The molecule has 1 unspecified atom stereocenters. The fourth-order valence-corrected chi connectivity index (χ4v) is 4.59. The van der Waals surface area contributed by atoms with Gasteiger partial charge in [-0.25, -0.2) is 0 Å². The van der Waals surface area contributed by atoms with E-state index in [-0.39, 0.29) is 12.0 Å². The van der Waals surface area contributed by atoms with Crippen LogP contribution in [0.5, 0.6) is 5.75 Å². The fraction of sp³-hybridized carbons (Fsp3) is 0.500. The summed E-state index contributed by atoms with van der Waals surface area (Å²) in [6.07, 6.45) is 5.50. The van der Waals surface area contributed by atoms with E-state index in [1.807, 2.05) is 17.0 Å². The van der Waals surface area contributed by atoms with E-state index in [9.17, 15) is 4.79 Å². The number of hydrogen-bond acceptors (Lipinski definition) is 3. The molecule has 0 radical (unpaired) electrons. The highest BCUT2D eigenvalue weighted by atomic mass is 16.5. The topological polar surface area (TPSA) is 66.0 Å². The van der Waals surface area contributed by atoms with Crippen LogP contribution in [-0.4, -0.2) is 50.1 Å². The van der Waals surface area contributed by atoms with Crippen molar-refractivity contribution in [1.82, 2.24) is 15.5 Å². The third-order valence-corrected chi connectivity index (χ3v) is 6.34. The minimum absolute atomic E-state index is 0.255. The van der Waals surface area contributed by atoms with Crippen LogP contribution in [0.2, 0.25) is 0 Å². The summed E-state index contributed by atoms with van der Waals surface area (Å²) in [6, 6.07) is 12.8. The Kier molecular flexibility index (Phi) is 6.41. The van der Waals surface area contributed by atoms with Crippen LogP contribution in [0.15, 0.2) is 41.4 Å². The normalized spacial score (nSPS) is 20.0. The SMILES string of the molecule is CN=C(NCc1ccc2cc(OC)ccc2c1)NC1CCN(C(=O)C2CCCC2)C1. The third-order valence-electron chi connectivity index (χ3n) is 6.34. The summed E-state index contributed by atoms with van der Waals surface area (Å²) in [5, 5.41) is 9.26. The molecule has 2 fully saturated rings. The molecule has 2 aromatic carbocycles. The lowest BCUT2D eigenvalue weighted by Crippen LogP contribution is -2.45. The van der Waals surface area contributed by atoms with Gasteiger partial charge in [-0.2, -0.15) is 0 Å². The van der Waals surface area contributed by atoms with Crippen LogP contribution in [0, 0.1) is 5.92 Å². The quantitative estimate of drug-likeness (QED) is 0.589. The van der Waals surface area contributed by atoms with E-state index in [1.54, 1.807) is 14.2 Å². The summed E-state index contributed by atoms with van der Waals surface area (Å²) in [5.74, 6) is 2.27. The van der Waals surface area contributed by atoms with Gasteiger partial charge < -0.3 is 20.3 Å². The highest BCUT2D eigenvalue weighted by Crippen LogP contribution is 2.28. The standard InChI is InChI=1S/C24H32N4O2/c1-25-24(27-21-11-12-28(16-21)23(29)18-5-3-4-6-18)26-15-17-7-8-20-14-22(30-2)10-9-19(20)13-17/h7-10,13-14,18,21H,3-6,11-12,15-16H2,1-2H3,(H2,25,26,27). The number of rotatable bonds is 5. The summed E-state index contributed by atoms with van der Waals surface area (Å²) < 4.78 is 5.30. The van der Waals surface area contributed by atoms with E-state index in [1.165, 1.54) is 29.2 Å². The number of guanidine groups is 1. The number of likely N-dealkylation sites (tertiary alicyclic amines) is 1. The number of benzene rings is 2. The van der Waals surface area contributed by atoms with Gasteiger partial charge in [-0.3, -0.25) is 9.79 Å². The monoisotopic (exact) mass is 408 g/mol. The molecule has 2 aromatic rings. The Balaban J connectivity index is 1.30. The van der Waals surface area contributed by atoms with Crippen molar-refractivity contribution < 1.29 is 9.53 Å². The Morgan fingerprint density at radius 2 is 1.90 bits per heavy atom. The molecule has 30 heavy (non-hydrogen) atoms. The van der Waals surface area contributed by atoms with Gasteiger partial charge in [0.1, 0.15) is 5.75 Å². The Bertz CT molecular complexity index is 921. The average molecular weight is 409 g/mol. The number of ether oxygens (including phenoxy) is 1. The van der Waals surface area contributed by atoms with Gasteiger partial charge in [0, 0.05) is 38.6 Å². The zero-order valence-corrected chi connectivity index (χ0v) is 18.0. The smallest absolute Gasteiger partial charge is 0.225 e. The molecule has 1 amide bonds. The van der Waals surface area contributed by atoms with Crippen molar-refractivity contribution in [3.05, 3.63) is 42.0 Å². The first-order chi connectivity index (χ1) is 14.7. The predicted octanol–water partition coefficient (Wildman–Crippen LogP) is 3.30. The van der Waals surface area contributed by atoms with E-state index in [4.69, 9.17) is 4.74 Å². The van der Waals surface area contributed by atoms with Gasteiger partial charge in [-0.05, 0) is 53.8 Å². The lowest BCUT2D eigenvalue weighted by atomic mass is 10.1. The zero-order valence-electron chi connectivity index (χ0n) is 18.0. The molecular weight excluding hydrogens is 376 g/mol. The maximum atomic E-state index is 12.7. The molecule has 1 aliphatic heterocycles. The van der Waals surface area contributed by atoms with Crippen LogP contribution in [0.3, 0.4) is 0 Å². The van der Waals surface area contributed by atoms with E-state index in [0.29, 0.717) is 12.5 Å². The highest BCUT2D eigenvalue weighted by molar-refractivity contribution is 5.85. The van der Waals surface area contributed by atoms with Gasteiger partial charge in [-0.1, -0.05) is 31.0 Å². The second-order valence-corrected chi connectivity index (χ2v) is 8.37. The fourth-order valence-electron chi connectivity index (χ4n) is 4.59. The molecule has 1 aliphatic carbocycles. The summed E-state index contributed by atoms with van der Waals surface area (Å²) in [7, 11) is 3.48. The van der Waals surface area contributed by atoms with Crippen LogP contribution in [0.4, 0.5) is 0 Å². The van der Waals surface area contributed by atoms with Crippen LogP contribution in [0.1, 0.15) is 37.7 Å². The number of nitrogens with zero attached hydrogens (tertiary/aromatic N) is 2. The van der Waals surface area contributed by atoms with Crippen molar-refractivity contribution in [2.24, 2.45) is 10.9 Å². The molecule has 1 heterocycles. The molecule has 0 aromatic heterocycles. The van der Waals surface area contributed by atoms with Gasteiger partial charge in [0.2, 0.25) is 5.91 Å². The van der Waals surface area contributed by atoms with Crippen molar-refractivity contribution in [3.63, 3.8) is 0 Å². The molecule has 6 nitrogen and oxygen atoms in total. The van der Waals surface area contributed by atoms with Gasteiger partial charge >= 0.3 is 0 Å². The Morgan fingerprint density at radius 3 is 2.67 bits per heavy atom. The molecular formula is C24H32N4O2. The lowest BCUT2D eigenvalue weighted by molar-refractivity contribution is -0.134. The van der Waals surface area contributed by atoms with E-state index in [2.05, 4.69) is 39.9 Å². The third kappa shape index (κ3) is 4.69. The molecule has 1 saturated heterocycles. The molecule has 0 bridgehead atoms. The second kappa shape index (κ2) is 9.37. The number of fused-ring (bicyclic) bond motifs is 1. The number of carbonyl (C=O) groups excluding carboxylic acids is 1. The Morgan fingerprint density at radius 1 is 1.13 bits per heavy atom. The Labute approximate surface area is 178 Å². The average Bonchev–Trinajstić information content (AvgIpc) is 3.48. The number of amides is 1. The van der Waals surface area contributed by atoms with Crippen LogP contribution in [-0.2, 0) is 11.3 Å². The maximum Gasteiger partial charge on any atom is 0.225 e. The van der Waals surface area contributed by atoms with Crippen LogP contribution in [0.25, 0.3) is 10.8 Å². The number of nitrogens with one attached hydrogen (secondary N) is 2. The molecule has 2 N–H and O–H groups in total. The molecule has 2 aliphatic rings. The van der Waals surface area contributed by atoms with Gasteiger partial charge in [-0.15, -0.1) is 0 Å². The second-order valence-electron chi connectivity index (χ2n) is 8.37. The minimum atomic E-state index is 0.255. The molecule has 160 valence electrons. The number of aliphatic imine (C=N–C) groups is 1. The highest BCUT2D eigenvalue weighted by Gasteiger charge is 2.32. The molecule has 6 heteroatoms. The summed E-state index contributed by atoms with van der Waals surface area (Å²) in [4.78, 5) is 19.1. The first-order valence-corrected chi connectivity index (χ1v) is 11.0. The zero-order chi connectivity index (χ0) is 20.9. The minimum Gasteiger partial charge on any atom is -0.497 e. The van der Waals surface area contributed by atoms with Gasteiger partial charge in [0.25, 0.3) is 0 Å². The maximum absolute atomic E-state index is 12.7. The van der Waals surface area contributed by atoms with Crippen LogP contribution >= 0.6 is 0 Å². The van der Waals surface area contributed by atoms with Crippen molar-refractivity contribution in [2.75, 3.05) is 27.2 Å². The number of methoxy groups -OCH3 is 1. The van der Waals surface area contributed by atoms with E-state index < -0.39 is 0 Å². The van der Waals surface area contributed by atoms with Gasteiger partial charge in [0.05, 0.1) is 7.11 Å². The lowest BCUT2D eigenvalue weighted by Gasteiger charge is -2.21. The van der Waals surface area contributed by atoms with Crippen molar-refractivity contribution in [1.29, 1.82) is 0 Å². The largest absolute Gasteiger partial charge is 0.497 e. The summed E-state index contributed by atoms with van der Waals surface area (Å²) in [6.45, 7) is 2.31. The Hall–Kier alpha value is -2.76. The molecule has 4 rings (SSSR count). The molecule has 0 spiro atoms. The van der Waals surface area contributed by atoms with Gasteiger partial charge in [0.15, 0.2) is 5.96 Å². The first kappa shape index (κ1) is 20.5. The van der Waals surface area contributed by atoms with Crippen LogP contribution < -0.4 is 15.4 Å². The molecule has 1 atom stereocenters. The van der Waals surface area contributed by atoms with E-state index in [0.717, 1.165) is 44.1 Å². The number of carbonyl (C=O) groups is 1. The molecule has 1 saturated carbocycles. The summed E-state index contributed by atoms with van der Waals surface area (Å²) in [5.41, 5.74) is 1.19. The van der Waals surface area contributed by atoms with Crippen molar-refractivity contribution in [2.45, 2.75) is 44.7 Å². The predicted molar refractivity (Wildman–Crippen MR) is 121 cm³/mol. The van der Waals surface area contributed by atoms with Crippen molar-refractivity contribution in [3.8, 4) is 5.75 Å². The van der Waals surface area contributed by atoms with E-state index >= 15 is 0 Å².